The highest BCUT2D eigenvalue weighted by molar-refractivity contribution is 7.89. The van der Waals surface area contributed by atoms with E-state index in [-0.39, 0.29) is 23.9 Å². The molecular formula is C19H19ClN2O3S. The first kappa shape index (κ1) is 19.9. The van der Waals surface area contributed by atoms with E-state index in [9.17, 15) is 13.2 Å². The highest BCUT2D eigenvalue weighted by Gasteiger charge is 2.22. The predicted octanol–water partition coefficient (Wildman–Crippen LogP) is 3.96. The molecule has 0 fully saturated rings. The lowest BCUT2D eigenvalue weighted by molar-refractivity contribution is 0.102. The normalized spacial score (nSPS) is 11.2. The highest BCUT2D eigenvalue weighted by atomic mass is 35.5. The van der Waals surface area contributed by atoms with Crippen molar-refractivity contribution in [2.75, 3.05) is 18.4 Å². The van der Waals surface area contributed by atoms with Gasteiger partial charge in [0.15, 0.2) is 0 Å². The number of hydrogen-bond donors (Lipinski definition) is 1. The van der Waals surface area contributed by atoms with Gasteiger partial charge in [-0.3, -0.25) is 4.79 Å². The Bertz CT molecular complexity index is 899. The van der Waals surface area contributed by atoms with Gasteiger partial charge in [0.1, 0.15) is 0 Å². The van der Waals surface area contributed by atoms with Crippen molar-refractivity contribution < 1.29 is 13.2 Å². The number of hydrogen-bond acceptors (Lipinski definition) is 3. The number of carbonyl (C=O) groups is 1. The van der Waals surface area contributed by atoms with Crippen molar-refractivity contribution in [1.82, 2.24) is 4.31 Å². The van der Waals surface area contributed by atoms with Crippen LogP contribution in [0, 0.1) is 0 Å². The number of nitrogens with zero attached hydrogens (tertiary/aromatic N) is 1. The third-order valence-electron chi connectivity index (χ3n) is 3.53. The number of carbonyl (C=O) groups excluding carboxylic acids is 1. The molecule has 26 heavy (non-hydrogen) atoms. The smallest absolute Gasteiger partial charge is 0.257 e. The average Bonchev–Trinajstić information content (AvgIpc) is 2.62. The molecule has 0 unspecified atom stereocenters. The quantitative estimate of drug-likeness (QED) is 0.694. The van der Waals surface area contributed by atoms with Crippen LogP contribution in [0.15, 0.2) is 78.7 Å². The van der Waals surface area contributed by atoms with Crippen molar-refractivity contribution >= 4 is 33.2 Å². The topological polar surface area (TPSA) is 66.5 Å². The van der Waals surface area contributed by atoms with E-state index in [0.29, 0.717) is 16.3 Å². The maximum Gasteiger partial charge on any atom is 0.257 e. The van der Waals surface area contributed by atoms with Gasteiger partial charge >= 0.3 is 0 Å². The van der Waals surface area contributed by atoms with Crippen LogP contribution in [0.25, 0.3) is 0 Å². The van der Waals surface area contributed by atoms with Crippen molar-refractivity contribution in [3.8, 4) is 0 Å². The molecule has 0 aliphatic heterocycles. The second-order valence-corrected chi connectivity index (χ2v) is 7.70. The summed E-state index contributed by atoms with van der Waals surface area (Å²) in [5.74, 6) is -0.369. The monoisotopic (exact) mass is 390 g/mol. The van der Waals surface area contributed by atoms with Crippen molar-refractivity contribution in [2.45, 2.75) is 4.90 Å². The van der Waals surface area contributed by atoms with Gasteiger partial charge in [-0.05, 0) is 36.4 Å². The van der Waals surface area contributed by atoms with Gasteiger partial charge in [-0.1, -0.05) is 35.9 Å². The fraction of sp³-hybridized carbons (Fsp3) is 0.105. The summed E-state index contributed by atoms with van der Waals surface area (Å²) in [6, 6.07) is 12.6. The fourth-order valence-electron chi connectivity index (χ4n) is 2.26. The summed E-state index contributed by atoms with van der Waals surface area (Å²) in [7, 11) is -3.67. The number of benzene rings is 2. The molecule has 0 aliphatic rings. The standard InChI is InChI=1S/C19H19ClN2O3S/c1-3-13-22(14-4-2)26(24,25)16-11-9-15(10-12-16)21-19(23)17-7-5-6-8-18(17)20/h3-12H,1-2,13-14H2,(H,21,23). The fourth-order valence-corrected chi connectivity index (χ4v) is 3.86. The maximum atomic E-state index is 12.6. The second kappa shape index (κ2) is 8.80. The van der Waals surface area contributed by atoms with Crippen molar-refractivity contribution in [1.29, 1.82) is 0 Å². The lowest BCUT2D eigenvalue weighted by atomic mass is 10.2. The van der Waals surface area contributed by atoms with Gasteiger partial charge in [0.05, 0.1) is 15.5 Å². The summed E-state index contributed by atoms with van der Waals surface area (Å²) in [5, 5.41) is 3.03. The van der Waals surface area contributed by atoms with Gasteiger partial charge in [-0.25, -0.2) is 8.42 Å². The maximum absolute atomic E-state index is 12.6. The molecule has 1 N–H and O–H groups in total. The Labute approximate surface area is 158 Å². The first-order valence-corrected chi connectivity index (χ1v) is 9.60. The first-order valence-electron chi connectivity index (χ1n) is 7.78. The van der Waals surface area contributed by atoms with Gasteiger partial charge in [-0.2, -0.15) is 4.31 Å². The van der Waals surface area contributed by atoms with Crippen LogP contribution < -0.4 is 5.32 Å². The largest absolute Gasteiger partial charge is 0.322 e. The minimum atomic E-state index is -3.67. The van der Waals surface area contributed by atoms with Crippen LogP contribution in [0.5, 0.6) is 0 Å². The molecule has 2 aromatic rings. The average molecular weight is 391 g/mol. The Morgan fingerprint density at radius 2 is 1.62 bits per heavy atom. The Hall–Kier alpha value is -2.41. The number of nitrogens with one attached hydrogen (secondary N) is 1. The van der Waals surface area contributed by atoms with E-state index in [1.165, 1.54) is 40.7 Å². The Morgan fingerprint density at radius 1 is 1.04 bits per heavy atom. The molecule has 0 radical (unpaired) electrons. The minimum Gasteiger partial charge on any atom is -0.322 e. The van der Waals surface area contributed by atoms with E-state index < -0.39 is 10.0 Å². The van der Waals surface area contributed by atoms with Crippen LogP contribution in [0.4, 0.5) is 5.69 Å². The SMILES string of the molecule is C=CCN(CC=C)S(=O)(=O)c1ccc(NC(=O)c2ccccc2Cl)cc1. The second-order valence-electron chi connectivity index (χ2n) is 5.36. The summed E-state index contributed by atoms with van der Waals surface area (Å²) in [6.45, 7) is 7.51. The van der Waals surface area contributed by atoms with E-state index in [4.69, 9.17) is 11.6 Å². The van der Waals surface area contributed by atoms with E-state index in [1.807, 2.05) is 0 Å². The summed E-state index contributed by atoms with van der Waals surface area (Å²) >= 11 is 6.00. The molecule has 5 nitrogen and oxygen atoms in total. The Morgan fingerprint density at radius 3 is 2.15 bits per heavy atom. The van der Waals surface area contributed by atoms with E-state index >= 15 is 0 Å². The lowest BCUT2D eigenvalue weighted by Gasteiger charge is -2.19. The molecule has 2 aromatic carbocycles. The third kappa shape index (κ3) is 4.60. The lowest BCUT2D eigenvalue weighted by Crippen LogP contribution is -2.31. The molecule has 7 heteroatoms. The van der Waals surface area contributed by atoms with Crippen LogP contribution >= 0.6 is 11.6 Å². The number of amides is 1. The van der Waals surface area contributed by atoms with Crippen molar-refractivity contribution in [2.24, 2.45) is 0 Å². The zero-order valence-corrected chi connectivity index (χ0v) is 15.6. The first-order chi connectivity index (χ1) is 12.4. The Balaban J connectivity index is 2.19. The van der Waals surface area contributed by atoms with Gasteiger partial charge in [0, 0.05) is 18.8 Å². The van der Waals surface area contributed by atoms with Crippen LogP contribution in [0.3, 0.4) is 0 Å². The predicted molar refractivity (Wildman–Crippen MR) is 105 cm³/mol. The van der Waals surface area contributed by atoms with E-state index in [0.717, 1.165) is 0 Å². The number of sulfonamides is 1. The molecule has 0 heterocycles. The molecular weight excluding hydrogens is 372 g/mol. The van der Waals surface area contributed by atoms with Gasteiger partial charge < -0.3 is 5.32 Å². The zero-order valence-electron chi connectivity index (χ0n) is 14.1. The van der Waals surface area contributed by atoms with Gasteiger partial charge in [0.2, 0.25) is 10.0 Å². The molecule has 0 saturated heterocycles. The number of halogens is 1. The summed E-state index contributed by atoms with van der Waals surface area (Å²) in [4.78, 5) is 12.4. The molecule has 0 aromatic heterocycles. The van der Waals surface area contributed by atoms with E-state index in [1.54, 1.807) is 24.3 Å². The van der Waals surface area contributed by atoms with E-state index in [2.05, 4.69) is 18.5 Å². The third-order valence-corrected chi connectivity index (χ3v) is 5.71. The number of rotatable bonds is 8. The molecule has 0 saturated carbocycles. The molecule has 136 valence electrons. The summed E-state index contributed by atoms with van der Waals surface area (Å²) < 4.78 is 26.5. The number of anilines is 1. The van der Waals surface area contributed by atoms with Crippen LogP contribution in [-0.4, -0.2) is 31.7 Å². The van der Waals surface area contributed by atoms with Crippen molar-refractivity contribution in [3.63, 3.8) is 0 Å². The Kier molecular flexibility index (Phi) is 6.74. The molecule has 1 amide bonds. The molecule has 0 aliphatic carbocycles. The van der Waals surface area contributed by atoms with Crippen molar-refractivity contribution in [3.05, 3.63) is 84.4 Å². The molecule has 0 spiro atoms. The van der Waals surface area contributed by atoms with Crippen LogP contribution in [0.1, 0.15) is 10.4 Å². The minimum absolute atomic E-state index is 0.122. The highest BCUT2D eigenvalue weighted by Crippen LogP contribution is 2.20. The van der Waals surface area contributed by atoms with Crippen LogP contribution in [-0.2, 0) is 10.0 Å². The summed E-state index contributed by atoms with van der Waals surface area (Å²) in [5.41, 5.74) is 0.807. The molecule has 2 rings (SSSR count). The molecule has 0 atom stereocenters. The molecule has 0 bridgehead atoms. The zero-order chi connectivity index (χ0) is 19.2. The summed E-state index contributed by atoms with van der Waals surface area (Å²) in [6.07, 6.45) is 3.03. The van der Waals surface area contributed by atoms with Gasteiger partial charge in [-0.15, -0.1) is 13.2 Å². The van der Waals surface area contributed by atoms with Crippen LogP contribution in [0.2, 0.25) is 5.02 Å². The van der Waals surface area contributed by atoms with Gasteiger partial charge in [0.25, 0.3) is 5.91 Å².